The van der Waals surface area contributed by atoms with Crippen LogP contribution in [0.3, 0.4) is 0 Å². The van der Waals surface area contributed by atoms with Gasteiger partial charge in [0.2, 0.25) is 0 Å². The van der Waals surface area contributed by atoms with Gasteiger partial charge in [-0.05, 0) is 0 Å². The van der Waals surface area contributed by atoms with Crippen LogP contribution in [0.2, 0.25) is 0 Å². The number of hydrogen-bond acceptors (Lipinski definition) is 6. The zero-order valence-electron chi connectivity index (χ0n) is 16.4. The average molecular weight is 648 g/mol. The summed E-state index contributed by atoms with van der Waals surface area (Å²) in [5.41, 5.74) is 0. The zero-order chi connectivity index (χ0) is 32.1. The third-order valence-corrected chi connectivity index (χ3v) is 2.91. The number of halogens is 22. The summed E-state index contributed by atoms with van der Waals surface area (Å²) in [6.45, 7) is 0. The molecule has 0 aliphatic rings. The molecule has 0 aromatic carbocycles. The number of rotatable bonds is 14. The molecule has 0 rings (SSSR count). The maximum atomic E-state index is 13.2. The Kier molecular flexibility index (Phi) is 9.78. The molecule has 0 fully saturated rings. The Bertz CT molecular complexity index is 835. The molecule has 0 aliphatic carbocycles. The Labute approximate surface area is 194 Å². The Morgan fingerprint density at radius 1 is 0.333 bits per heavy atom. The standard InChI is InChI=1S/C11H2F22O6/c12-1(34)2(13,14)35-3(15,16)4(17,18)36-5(19,20)6(21,22)37-7(23,24)8(25,26)38-9(27,28)10(29,30)39-11(31,32)33/h1,34H. The van der Waals surface area contributed by atoms with E-state index in [1.165, 1.54) is 18.9 Å². The van der Waals surface area contributed by atoms with E-state index in [-0.39, 0.29) is 0 Å². The summed E-state index contributed by atoms with van der Waals surface area (Å²) in [5, 5.41) is 7.68. The van der Waals surface area contributed by atoms with E-state index in [0.717, 1.165) is 0 Å². The number of aliphatic hydroxyl groups excluding tert-OH is 1. The number of alkyl halides is 22. The van der Waals surface area contributed by atoms with Gasteiger partial charge in [0, 0.05) is 0 Å². The van der Waals surface area contributed by atoms with Crippen molar-refractivity contribution in [1.82, 2.24) is 0 Å². The molecule has 0 heterocycles. The van der Waals surface area contributed by atoms with Crippen LogP contribution in [0.4, 0.5) is 96.6 Å². The highest BCUT2D eigenvalue weighted by Crippen LogP contribution is 2.52. The fraction of sp³-hybridized carbons (Fsp3) is 1.00. The molecule has 0 radical (unpaired) electrons. The first-order valence-electron chi connectivity index (χ1n) is 7.77. The summed E-state index contributed by atoms with van der Waals surface area (Å²) < 4.78 is 286. The Morgan fingerprint density at radius 2 is 0.513 bits per heavy atom. The van der Waals surface area contributed by atoms with E-state index in [2.05, 4.69) is 0 Å². The second-order valence-corrected chi connectivity index (χ2v) is 5.99. The van der Waals surface area contributed by atoms with Crippen LogP contribution in [-0.4, -0.2) is 72.8 Å². The third kappa shape index (κ3) is 8.60. The lowest BCUT2D eigenvalue weighted by Crippen LogP contribution is -2.61. The van der Waals surface area contributed by atoms with Crippen molar-refractivity contribution in [1.29, 1.82) is 0 Å². The predicted molar refractivity (Wildman–Crippen MR) is 63.1 cm³/mol. The van der Waals surface area contributed by atoms with E-state index in [1.807, 2.05) is 0 Å². The molecule has 1 unspecified atom stereocenters. The molecule has 0 bridgehead atoms. The highest BCUT2D eigenvalue weighted by Gasteiger charge is 2.79. The van der Waals surface area contributed by atoms with Gasteiger partial charge in [-0.3, -0.25) is 0 Å². The van der Waals surface area contributed by atoms with Crippen LogP contribution in [0.1, 0.15) is 0 Å². The summed E-state index contributed by atoms with van der Waals surface area (Å²) in [4.78, 5) is 0. The van der Waals surface area contributed by atoms with Crippen LogP contribution in [0.25, 0.3) is 0 Å². The lowest BCUT2D eigenvalue weighted by atomic mass is 10.4. The van der Waals surface area contributed by atoms with E-state index in [4.69, 9.17) is 5.11 Å². The topological polar surface area (TPSA) is 66.4 Å². The maximum Gasteiger partial charge on any atom is 0.527 e. The average Bonchev–Trinajstić information content (AvgIpc) is 2.54. The van der Waals surface area contributed by atoms with Crippen LogP contribution in [-0.2, 0) is 23.7 Å². The van der Waals surface area contributed by atoms with Gasteiger partial charge in [-0.25, -0.2) is 28.1 Å². The summed E-state index contributed by atoms with van der Waals surface area (Å²) in [6.07, 6.45) is -80.3. The van der Waals surface area contributed by atoms with Gasteiger partial charge in [-0.1, -0.05) is 0 Å². The monoisotopic (exact) mass is 648 g/mol. The van der Waals surface area contributed by atoms with Crippen molar-refractivity contribution in [2.45, 2.75) is 67.7 Å². The van der Waals surface area contributed by atoms with Crippen molar-refractivity contribution >= 4 is 0 Å². The van der Waals surface area contributed by atoms with Gasteiger partial charge >= 0.3 is 61.3 Å². The predicted octanol–water partition coefficient (Wildman–Crippen LogP) is 6.21. The molecular formula is C11H2F22O6. The highest BCUT2D eigenvalue weighted by atomic mass is 19.4. The molecule has 39 heavy (non-hydrogen) atoms. The van der Waals surface area contributed by atoms with Crippen molar-refractivity contribution < 1.29 is 125 Å². The molecule has 236 valence electrons. The maximum absolute atomic E-state index is 13.2. The lowest BCUT2D eigenvalue weighted by Gasteiger charge is -2.36. The zero-order valence-corrected chi connectivity index (χ0v) is 16.4. The molecule has 0 aromatic heterocycles. The molecule has 28 heteroatoms. The van der Waals surface area contributed by atoms with Crippen LogP contribution in [0, 0.1) is 0 Å². The molecule has 1 atom stereocenters. The van der Waals surface area contributed by atoms with Gasteiger partial charge < -0.3 is 5.11 Å². The van der Waals surface area contributed by atoms with E-state index in [9.17, 15) is 96.6 Å². The van der Waals surface area contributed by atoms with Gasteiger partial charge in [0.05, 0.1) is 0 Å². The van der Waals surface area contributed by atoms with Crippen molar-refractivity contribution in [2.24, 2.45) is 0 Å². The smallest absolute Gasteiger partial charge is 0.357 e. The molecule has 0 spiro atoms. The number of ether oxygens (including phenoxy) is 5. The first kappa shape index (κ1) is 37.2. The molecule has 0 amide bonds. The fourth-order valence-corrected chi connectivity index (χ4v) is 1.32. The number of aliphatic hydroxyl groups is 1. The molecule has 0 saturated carbocycles. The van der Waals surface area contributed by atoms with E-state index >= 15 is 0 Å². The summed E-state index contributed by atoms with van der Waals surface area (Å²) in [7, 11) is 0. The van der Waals surface area contributed by atoms with Crippen molar-refractivity contribution in [3.05, 3.63) is 0 Å². The Balaban J connectivity index is 6.06. The normalized spacial score (nSPS) is 17.0. The molecule has 0 saturated heterocycles. The molecule has 0 aromatic rings. The summed E-state index contributed by atoms with van der Waals surface area (Å²) in [6, 6.07) is 0. The van der Waals surface area contributed by atoms with Gasteiger partial charge in [-0.15, -0.1) is 13.2 Å². The minimum atomic E-state index is -7.97. The van der Waals surface area contributed by atoms with Crippen LogP contribution in [0.5, 0.6) is 0 Å². The largest absolute Gasteiger partial charge is 0.527 e. The second kappa shape index (κ2) is 10.2. The molecule has 1 N–H and O–H groups in total. The van der Waals surface area contributed by atoms with E-state index in [1.54, 1.807) is 4.74 Å². The molecule has 0 aliphatic heterocycles. The SMILES string of the molecule is OC(F)C(F)(F)OC(F)(F)C(F)(F)OC(F)(F)C(F)(F)OC(F)(F)C(F)(F)OC(F)(F)C(F)(F)OC(F)(F)F. The summed E-state index contributed by atoms with van der Waals surface area (Å²) >= 11 is 0. The van der Waals surface area contributed by atoms with Gasteiger partial charge in [0.25, 0.3) is 6.36 Å². The van der Waals surface area contributed by atoms with Crippen molar-refractivity contribution in [3.63, 3.8) is 0 Å². The first-order chi connectivity index (χ1) is 16.5. The van der Waals surface area contributed by atoms with Gasteiger partial charge in [0.1, 0.15) is 0 Å². The second-order valence-electron chi connectivity index (χ2n) is 5.99. The Hall–Kier alpha value is -1.78. The van der Waals surface area contributed by atoms with E-state index in [0.29, 0.717) is 0 Å². The minimum Gasteiger partial charge on any atom is -0.357 e. The fourth-order valence-electron chi connectivity index (χ4n) is 1.32. The molecule has 6 nitrogen and oxygen atoms in total. The lowest BCUT2D eigenvalue weighted by molar-refractivity contribution is -0.590. The van der Waals surface area contributed by atoms with Gasteiger partial charge in [0.15, 0.2) is 0 Å². The van der Waals surface area contributed by atoms with Crippen LogP contribution >= 0.6 is 0 Å². The van der Waals surface area contributed by atoms with Crippen LogP contribution in [0.15, 0.2) is 0 Å². The molecular weight excluding hydrogens is 646 g/mol. The first-order valence-corrected chi connectivity index (χ1v) is 7.77. The van der Waals surface area contributed by atoms with E-state index < -0.39 is 67.7 Å². The number of hydrogen-bond donors (Lipinski definition) is 1. The highest BCUT2D eigenvalue weighted by molar-refractivity contribution is 4.80. The summed E-state index contributed by atoms with van der Waals surface area (Å²) in [5.74, 6) is 0. The quantitative estimate of drug-likeness (QED) is 0.226. The third-order valence-electron chi connectivity index (χ3n) is 2.91. The van der Waals surface area contributed by atoms with Crippen molar-refractivity contribution in [2.75, 3.05) is 0 Å². The minimum absolute atomic E-state index is 1.19. The van der Waals surface area contributed by atoms with Crippen LogP contribution < -0.4 is 0 Å². The van der Waals surface area contributed by atoms with Crippen molar-refractivity contribution in [3.8, 4) is 0 Å². The van der Waals surface area contributed by atoms with Gasteiger partial charge in [-0.2, -0.15) is 79.0 Å². The Morgan fingerprint density at radius 3 is 0.692 bits per heavy atom.